The van der Waals surface area contributed by atoms with Gasteiger partial charge >= 0.3 is 12.1 Å². The number of halogens is 1. The van der Waals surface area contributed by atoms with Crippen LogP contribution in [0.1, 0.15) is 55.3 Å². The van der Waals surface area contributed by atoms with Crippen LogP contribution >= 0.6 is 0 Å². The first kappa shape index (κ1) is 26.0. The maximum Gasteiger partial charge on any atom is 0.410 e. The van der Waals surface area contributed by atoms with Gasteiger partial charge in [-0.2, -0.15) is 0 Å². The van der Waals surface area contributed by atoms with Crippen molar-refractivity contribution in [3.63, 3.8) is 0 Å². The van der Waals surface area contributed by atoms with Crippen LogP contribution in [0.5, 0.6) is 5.75 Å². The van der Waals surface area contributed by atoms with Crippen LogP contribution in [-0.4, -0.2) is 64.2 Å². The number of carbonyl (C=O) groups is 3. The number of hydrogen-bond donors (Lipinski definition) is 1. The molecule has 0 aromatic heterocycles. The molecule has 0 spiro atoms. The minimum absolute atomic E-state index is 0.0775. The molecule has 0 radical (unpaired) electrons. The molecule has 9 heteroatoms. The van der Waals surface area contributed by atoms with Crippen LogP contribution in [0, 0.1) is 12.7 Å². The Bertz CT molecular complexity index is 1100. The molecule has 0 bridgehead atoms. The van der Waals surface area contributed by atoms with Gasteiger partial charge in [0.2, 0.25) is 6.10 Å². The lowest BCUT2D eigenvalue weighted by Crippen LogP contribution is -2.57. The minimum atomic E-state index is -1.15. The highest BCUT2D eigenvalue weighted by atomic mass is 19.1. The lowest BCUT2D eigenvalue weighted by Gasteiger charge is -2.41. The summed E-state index contributed by atoms with van der Waals surface area (Å²) >= 11 is 0. The number of nitrogens with zero attached hydrogens (tertiary/aromatic N) is 2. The predicted octanol–water partition coefficient (Wildman–Crippen LogP) is 4.42. The number of ether oxygens (including phenoxy) is 2. The van der Waals surface area contributed by atoms with Crippen LogP contribution < -0.4 is 4.74 Å². The molecule has 2 atom stereocenters. The highest BCUT2D eigenvalue weighted by Crippen LogP contribution is 2.27. The van der Waals surface area contributed by atoms with E-state index < -0.39 is 29.6 Å². The molecule has 2 amide bonds. The molecule has 1 aliphatic heterocycles. The van der Waals surface area contributed by atoms with Gasteiger partial charge in [-0.1, -0.05) is 12.1 Å². The Hall–Kier alpha value is -3.62. The Kier molecular flexibility index (Phi) is 7.67. The molecule has 1 fully saturated rings. The summed E-state index contributed by atoms with van der Waals surface area (Å²) in [6.07, 6.45) is -1.59. The van der Waals surface area contributed by atoms with Crippen molar-refractivity contribution in [2.45, 2.75) is 52.4 Å². The van der Waals surface area contributed by atoms with Gasteiger partial charge in [-0.3, -0.25) is 4.79 Å². The molecular formula is C26H31FN2O6. The summed E-state index contributed by atoms with van der Waals surface area (Å²) in [4.78, 5) is 40.4. The van der Waals surface area contributed by atoms with E-state index in [1.165, 1.54) is 30.3 Å². The van der Waals surface area contributed by atoms with E-state index in [1.807, 2.05) is 6.92 Å². The van der Waals surface area contributed by atoms with Gasteiger partial charge in [0, 0.05) is 31.2 Å². The Labute approximate surface area is 204 Å². The normalized spacial score (nSPS) is 17.0. The van der Waals surface area contributed by atoms with Crippen molar-refractivity contribution >= 4 is 18.0 Å². The third kappa shape index (κ3) is 6.49. The molecule has 0 saturated carbocycles. The molecule has 1 aliphatic rings. The van der Waals surface area contributed by atoms with Gasteiger partial charge in [-0.05, 0) is 70.5 Å². The summed E-state index contributed by atoms with van der Waals surface area (Å²) in [6.45, 7) is 9.63. The maximum atomic E-state index is 14.4. The van der Waals surface area contributed by atoms with E-state index >= 15 is 0 Å². The largest absolute Gasteiger partial charge is 0.478 e. The summed E-state index contributed by atoms with van der Waals surface area (Å²) < 4.78 is 25.8. The Morgan fingerprint density at radius 3 is 2.29 bits per heavy atom. The average molecular weight is 487 g/mol. The second-order valence-corrected chi connectivity index (χ2v) is 9.64. The molecule has 2 aromatic rings. The zero-order valence-corrected chi connectivity index (χ0v) is 20.6. The first-order valence-corrected chi connectivity index (χ1v) is 11.4. The molecule has 1 heterocycles. The van der Waals surface area contributed by atoms with Gasteiger partial charge in [0.15, 0.2) is 0 Å². The molecule has 1 saturated heterocycles. The summed E-state index contributed by atoms with van der Waals surface area (Å²) in [5.41, 5.74) is 0.218. The Balaban J connectivity index is 1.82. The molecule has 188 valence electrons. The van der Waals surface area contributed by atoms with Crippen LogP contribution in [0.4, 0.5) is 9.18 Å². The van der Waals surface area contributed by atoms with Crippen molar-refractivity contribution in [3.8, 4) is 5.75 Å². The second kappa shape index (κ2) is 10.3. The summed E-state index contributed by atoms with van der Waals surface area (Å²) in [5, 5.41) is 9.12. The fourth-order valence-electron chi connectivity index (χ4n) is 3.76. The van der Waals surface area contributed by atoms with E-state index in [-0.39, 0.29) is 42.9 Å². The van der Waals surface area contributed by atoms with Crippen molar-refractivity contribution in [3.05, 3.63) is 65.0 Å². The first-order chi connectivity index (χ1) is 16.4. The van der Waals surface area contributed by atoms with Crippen molar-refractivity contribution in [2.75, 3.05) is 19.6 Å². The zero-order valence-electron chi connectivity index (χ0n) is 20.6. The quantitative estimate of drug-likeness (QED) is 0.672. The third-order valence-electron chi connectivity index (χ3n) is 5.65. The van der Waals surface area contributed by atoms with Gasteiger partial charge in [-0.15, -0.1) is 0 Å². The van der Waals surface area contributed by atoms with Crippen molar-refractivity contribution in [2.24, 2.45) is 0 Å². The number of carbonyl (C=O) groups excluding carboxylic acids is 2. The number of carboxylic acid groups (broad SMARTS) is 1. The van der Waals surface area contributed by atoms with Gasteiger partial charge in [-0.25, -0.2) is 14.0 Å². The molecule has 1 N–H and O–H groups in total. The summed E-state index contributed by atoms with van der Waals surface area (Å²) in [5.74, 6) is -1.66. The van der Waals surface area contributed by atoms with Crippen molar-refractivity contribution in [1.29, 1.82) is 0 Å². The highest BCUT2D eigenvalue weighted by Gasteiger charge is 2.36. The molecule has 0 unspecified atom stereocenters. The number of aryl methyl sites for hydroxylation is 1. The molecule has 2 aromatic carbocycles. The van der Waals surface area contributed by atoms with Gasteiger partial charge in [0.25, 0.3) is 5.91 Å². The van der Waals surface area contributed by atoms with Crippen LogP contribution in [0.15, 0.2) is 42.5 Å². The fourth-order valence-corrected chi connectivity index (χ4v) is 3.76. The van der Waals surface area contributed by atoms with E-state index in [2.05, 4.69) is 0 Å². The molecule has 8 nitrogen and oxygen atoms in total. The zero-order chi connectivity index (χ0) is 25.9. The van der Waals surface area contributed by atoms with Gasteiger partial charge in [0.05, 0.1) is 5.56 Å². The summed E-state index contributed by atoms with van der Waals surface area (Å²) in [6, 6.07) is 9.83. The predicted molar refractivity (Wildman–Crippen MR) is 127 cm³/mol. The van der Waals surface area contributed by atoms with Crippen LogP contribution in [0.3, 0.4) is 0 Å². The van der Waals surface area contributed by atoms with E-state index in [0.717, 1.165) is 0 Å². The SMILES string of the molecule is Cc1ccc([C@H](Oc2ccc(C(=O)O)cc2)C(=O)N2CCN(C(=O)OC(C)(C)C)[C@H](C)C2)cc1F. The number of hydrogen-bond acceptors (Lipinski definition) is 5. The first-order valence-electron chi connectivity index (χ1n) is 11.4. The van der Waals surface area contributed by atoms with Crippen LogP contribution in [0.25, 0.3) is 0 Å². The molecule has 3 rings (SSSR count). The van der Waals surface area contributed by atoms with E-state index in [4.69, 9.17) is 14.6 Å². The molecule has 0 aliphatic carbocycles. The topological polar surface area (TPSA) is 96.4 Å². The van der Waals surface area contributed by atoms with Crippen LogP contribution in [-0.2, 0) is 9.53 Å². The lowest BCUT2D eigenvalue weighted by atomic mass is 10.0. The number of rotatable bonds is 5. The number of carboxylic acids is 1. The molecule has 35 heavy (non-hydrogen) atoms. The average Bonchev–Trinajstić information content (AvgIpc) is 2.78. The van der Waals surface area contributed by atoms with Crippen molar-refractivity contribution < 1.29 is 33.4 Å². The lowest BCUT2D eigenvalue weighted by molar-refractivity contribution is -0.142. The van der Waals surface area contributed by atoms with Gasteiger partial charge < -0.3 is 24.4 Å². The number of amides is 2. The fraction of sp³-hybridized carbons (Fsp3) is 0.423. The minimum Gasteiger partial charge on any atom is -0.478 e. The smallest absolute Gasteiger partial charge is 0.410 e. The number of benzene rings is 2. The van der Waals surface area contributed by atoms with E-state index in [9.17, 15) is 18.8 Å². The third-order valence-corrected chi connectivity index (χ3v) is 5.65. The highest BCUT2D eigenvalue weighted by molar-refractivity contribution is 5.87. The Morgan fingerprint density at radius 1 is 1.09 bits per heavy atom. The van der Waals surface area contributed by atoms with E-state index in [1.54, 1.807) is 49.6 Å². The number of aromatic carboxylic acids is 1. The standard InChI is InChI=1S/C26H31FN2O6/c1-16-6-7-19(14-21(16)27)22(34-20-10-8-18(9-11-20)24(31)32)23(30)28-12-13-29(17(2)15-28)25(33)35-26(3,4)5/h6-11,14,17,22H,12-13,15H2,1-5H3,(H,31,32)/t17-,22+/m1/s1. The van der Waals surface area contributed by atoms with Crippen LogP contribution in [0.2, 0.25) is 0 Å². The Morgan fingerprint density at radius 2 is 1.74 bits per heavy atom. The van der Waals surface area contributed by atoms with E-state index in [0.29, 0.717) is 11.1 Å². The second-order valence-electron chi connectivity index (χ2n) is 9.64. The molecular weight excluding hydrogens is 455 g/mol. The van der Waals surface area contributed by atoms with Gasteiger partial charge in [0.1, 0.15) is 17.2 Å². The maximum absolute atomic E-state index is 14.4. The number of piperazine rings is 1. The monoisotopic (exact) mass is 486 g/mol. The van der Waals surface area contributed by atoms with Crippen molar-refractivity contribution in [1.82, 2.24) is 9.80 Å². The summed E-state index contributed by atoms with van der Waals surface area (Å²) in [7, 11) is 0.